The van der Waals surface area contributed by atoms with Crippen LogP contribution in [0, 0.1) is 0 Å². The molecule has 1 aromatic rings. The van der Waals surface area contributed by atoms with E-state index in [9.17, 15) is 4.79 Å². The van der Waals surface area contributed by atoms with Gasteiger partial charge < -0.3 is 11.1 Å². The number of hydrogen-bond acceptors (Lipinski definition) is 5. The number of nitrogens with one attached hydrogen (secondary N) is 2. The van der Waals surface area contributed by atoms with Gasteiger partial charge >= 0.3 is 0 Å². The molecule has 0 aliphatic heterocycles. The minimum atomic E-state index is -0.178. The van der Waals surface area contributed by atoms with E-state index in [4.69, 9.17) is 5.73 Å². The molecule has 1 heterocycles. The maximum atomic E-state index is 11.6. The van der Waals surface area contributed by atoms with Gasteiger partial charge in [-0.05, 0) is 11.8 Å². The van der Waals surface area contributed by atoms with Crippen molar-refractivity contribution in [2.45, 2.75) is 6.42 Å². The largest absolute Gasteiger partial charge is 0.404 e. The van der Waals surface area contributed by atoms with Crippen LogP contribution in [0.3, 0.4) is 0 Å². The first kappa shape index (κ1) is 12.0. The zero-order valence-electron chi connectivity index (χ0n) is 9.32. The van der Waals surface area contributed by atoms with Crippen molar-refractivity contribution in [3.63, 3.8) is 0 Å². The highest BCUT2D eigenvalue weighted by molar-refractivity contribution is 5.78. The lowest BCUT2D eigenvalue weighted by Crippen LogP contribution is -2.16. The van der Waals surface area contributed by atoms with E-state index in [0.717, 1.165) is 5.57 Å². The second kappa shape index (κ2) is 5.69. The second-order valence-corrected chi connectivity index (χ2v) is 3.14. The van der Waals surface area contributed by atoms with Crippen LogP contribution in [0.2, 0.25) is 0 Å². The summed E-state index contributed by atoms with van der Waals surface area (Å²) in [6.07, 6.45) is 4.99. The summed E-state index contributed by atoms with van der Waals surface area (Å²) < 4.78 is 0. The molecule has 0 fully saturated rings. The Bertz CT molecular complexity index is 461. The van der Waals surface area contributed by atoms with Crippen LogP contribution in [0.25, 0.3) is 0 Å². The molecule has 0 atom stereocenters. The fourth-order valence-corrected chi connectivity index (χ4v) is 1.21. The first-order chi connectivity index (χ1) is 7.71. The topological polar surface area (TPSA) is 96.2 Å². The van der Waals surface area contributed by atoms with Crippen molar-refractivity contribution in [3.8, 4) is 0 Å². The number of anilines is 1. The molecule has 0 saturated carbocycles. The van der Waals surface area contributed by atoms with Gasteiger partial charge in [-0.25, -0.2) is 4.98 Å². The Morgan fingerprint density at radius 3 is 3.00 bits per heavy atom. The van der Waals surface area contributed by atoms with Crippen LogP contribution in [-0.2, 0) is 6.42 Å². The summed E-state index contributed by atoms with van der Waals surface area (Å²) in [6.45, 7) is 0. The molecular weight excluding hydrogens is 206 g/mol. The summed E-state index contributed by atoms with van der Waals surface area (Å²) in [7, 11) is 3.34. The third-order valence-electron chi connectivity index (χ3n) is 2.01. The van der Waals surface area contributed by atoms with Crippen molar-refractivity contribution < 1.29 is 0 Å². The third kappa shape index (κ3) is 2.94. The van der Waals surface area contributed by atoms with Crippen molar-refractivity contribution in [1.82, 2.24) is 9.97 Å². The number of H-pyrrole nitrogens is 1. The molecule has 6 nitrogen and oxygen atoms in total. The number of nitrogens with two attached hydrogens (primary N) is 1. The van der Waals surface area contributed by atoms with E-state index in [-0.39, 0.29) is 5.56 Å². The summed E-state index contributed by atoms with van der Waals surface area (Å²) >= 11 is 0. The molecule has 86 valence electrons. The van der Waals surface area contributed by atoms with Gasteiger partial charge in [-0.1, -0.05) is 0 Å². The van der Waals surface area contributed by atoms with E-state index in [1.165, 1.54) is 12.4 Å². The highest BCUT2D eigenvalue weighted by Gasteiger charge is 2.03. The Morgan fingerprint density at radius 1 is 1.75 bits per heavy atom. The molecule has 0 amide bonds. The van der Waals surface area contributed by atoms with Crippen LogP contribution in [0.15, 0.2) is 27.8 Å². The first-order valence-electron chi connectivity index (χ1n) is 4.80. The van der Waals surface area contributed by atoms with Crippen LogP contribution in [0.4, 0.5) is 5.95 Å². The SMILES string of the molecule is CN=CC(=CN)Cc1cnc(NC)[nH]c1=O. The molecule has 0 unspecified atom stereocenters. The Hall–Kier alpha value is -2.11. The Balaban J connectivity index is 2.94. The average Bonchev–Trinajstić information content (AvgIpc) is 2.30. The van der Waals surface area contributed by atoms with Gasteiger partial charge in [-0.15, -0.1) is 0 Å². The quantitative estimate of drug-likeness (QED) is 0.618. The molecule has 0 aliphatic rings. The lowest BCUT2D eigenvalue weighted by Gasteiger charge is -2.02. The lowest BCUT2D eigenvalue weighted by atomic mass is 10.1. The summed E-state index contributed by atoms with van der Waals surface area (Å²) in [6, 6.07) is 0. The fourth-order valence-electron chi connectivity index (χ4n) is 1.21. The molecule has 0 aliphatic carbocycles. The van der Waals surface area contributed by atoms with Gasteiger partial charge in [-0.2, -0.15) is 0 Å². The van der Waals surface area contributed by atoms with Crippen molar-refractivity contribution in [2.75, 3.05) is 19.4 Å². The van der Waals surface area contributed by atoms with Crippen LogP contribution in [0.1, 0.15) is 5.56 Å². The fraction of sp³-hybridized carbons (Fsp3) is 0.300. The van der Waals surface area contributed by atoms with Crippen molar-refractivity contribution in [1.29, 1.82) is 0 Å². The predicted octanol–water partition coefficient (Wildman–Crippen LogP) is -0.103. The van der Waals surface area contributed by atoms with E-state index in [1.807, 2.05) is 0 Å². The molecule has 0 bridgehead atoms. The lowest BCUT2D eigenvalue weighted by molar-refractivity contribution is 1.03. The highest BCUT2D eigenvalue weighted by atomic mass is 16.1. The van der Waals surface area contributed by atoms with E-state index < -0.39 is 0 Å². The smallest absolute Gasteiger partial charge is 0.255 e. The minimum Gasteiger partial charge on any atom is -0.404 e. The maximum Gasteiger partial charge on any atom is 0.255 e. The maximum absolute atomic E-state index is 11.6. The van der Waals surface area contributed by atoms with Gasteiger partial charge in [0.1, 0.15) is 0 Å². The summed E-state index contributed by atoms with van der Waals surface area (Å²) in [5, 5.41) is 2.76. The zero-order valence-corrected chi connectivity index (χ0v) is 9.32. The number of aromatic amines is 1. The van der Waals surface area contributed by atoms with Gasteiger partial charge in [-0.3, -0.25) is 14.8 Å². The molecule has 1 aromatic heterocycles. The third-order valence-corrected chi connectivity index (χ3v) is 2.01. The minimum absolute atomic E-state index is 0.178. The van der Waals surface area contributed by atoms with Crippen molar-refractivity contribution >= 4 is 12.2 Å². The molecule has 0 aromatic carbocycles. The predicted molar refractivity (Wildman–Crippen MR) is 64.8 cm³/mol. The van der Waals surface area contributed by atoms with Crippen LogP contribution < -0.4 is 16.6 Å². The normalized spacial score (nSPS) is 12.0. The highest BCUT2D eigenvalue weighted by Crippen LogP contribution is 2.01. The number of aliphatic imine (C=N–C) groups is 1. The van der Waals surface area contributed by atoms with Crippen molar-refractivity contribution in [2.24, 2.45) is 10.7 Å². The summed E-state index contributed by atoms with van der Waals surface area (Å²) in [4.78, 5) is 22.1. The molecule has 0 radical (unpaired) electrons. The molecule has 1 rings (SSSR count). The van der Waals surface area contributed by atoms with Crippen molar-refractivity contribution in [3.05, 3.63) is 33.9 Å². The van der Waals surface area contributed by atoms with Gasteiger partial charge in [0.15, 0.2) is 0 Å². The summed E-state index contributed by atoms with van der Waals surface area (Å²) in [5.74, 6) is 0.441. The number of rotatable bonds is 4. The van der Waals surface area contributed by atoms with E-state index in [2.05, 4.69) is 20.3 Å². The van der Waals surface area contributed by atoms with E-state index in [1.54, 1.807) is 20.3 Å². The van der Waals surface area contributed by atoms with E-state index >= 15 is 0 Å². The molecule has 16 heavy (non-hydrogen) atoms. The Labute approximate surface area is 93.3 Å². The molecule has 6 heteroatoms. The molecule has 4 N–H and O–H groups in total. The van der Waals surface area contributed by atoms with Crippen LogP contribution in [-0.4, -0.2) is 30.3 Å². The molecule has 0 saturated heterocycles. The van der Waals surface area contributed by atoms with Gasteiger partial charge in [0.05, 0.1) is 0 Å². The van der Waals surface area contributed by atoms with Crippen LogP contribution in [0.5, 0.6) is 0 Å². The number of allylic oxidation sites excluding steroid dienone is 1. The number of aromatic nitrogens is 2. The monoisotopic (exact) mass is 221 g/mol. The number of nitrogens with zero attached hydrogens (tertiary/aromatic N) is 2. The molecule has 0 spiro atoms. The average molecular weight is 221 g/mol. The molecular formula is C10H15N5O. The summed E-state index contributed by atoms with van der Waals surface area (Å²) in [5.41, 5.74) is 6.56. The zero-order chi connectivity index (χ0) is 12.0. The first-order valence-corrected chi connectivity index (χ1v) is 4.80. The standard InChI is InChI=1S/C10H15N5O/c1-12-5-7(4-11)3-8-6-14-10(13-2)15-9(8)16/h4-6H,3,11H2,1-2H3,(H2,13,14,15,16). The Kier molecular flexibility index (Phi) is 4.26. The second-order valence-electron chi connectivity index (χ2n) is 3.14. The van der Waals surface area contributed by atoms with Crippen LogP contribution >= 0.6 is 0 Å². The van der Waals surface area contributed by atoms with E-state index in [0.29, 0.717) is 17.9 Å². The van der Waals surface area contributed by atoms with Gasteiger partial charge in [0.2, 0.25) is 5.95 Å². The Morgan fingerprint density at radius 2 is 2.50 bits per heavy atom. The number of hydrogen-bond donors (Lipinski definition) is 3. The van der Waals surface area contributed by atoms with Gasteiger partial charge in [0, 0.05) is 38.5 Å². The van der Waals surface area contributed by atoms with Gasteiger partial charge in [0.25, 0.3) is 5.56 Å².